The van der Waals surface area contributed by atoms with Crippen molar-refractivity contribution in [3.05, 3.63) is 53.6 Å². The largest absolute Gasteiger partial charge is 0.479 e. The third-order valence-electron chi connectivity index (χ3n) is 7.09. The Morgan fingerprint density at radius 1 is 0.972 bits per heavy atom. The van der Waals surface area contributed by atoms with Gasteiger partial charge in [-0.15, -0.1) is 0 Å². The molecule has 8 nitrogen and oxygen atoms in total. The van der Waals surface area contributed by atoms with Crippen molar-refractivity contribution in [1.82, 2.24) is 4.90 Å². The minimum Gasteiger partial charge on any atom is -0.479 e. The molecular weight excluding hydrogens is 472 g/mol. The minimum atomic E-state index is -1.05. The first-order valence-electron chi connectivity index (χ1n) is 11.9. The number of halogens is 2. The molecule has 0 aromatic heterocycles. The first-order valence-corrected chi connectivity index (χ1v) is 11.9. The molecule has 188 valence electrons. The lowest BCUT2D eigenvalue weighted by Crippen LogP contribution is -2.45. The van der Waals surface area contributed by atoms with Gasteiger partial charge in [-0.25, -0.2) is 8.78 Å². The van der Waals surface area contributed by atoms with E-state index in [9.17, 15) is 28.0 Å². The van der Waals surface area contributed by atoms with Crippen molar-refractivity contribution < 1.29 is 32.7 Å². The highest BCUT2D eigenvalue weighted by atomic mass is 19.2. The number of carbonyl (C=O) groups is 4. The molecule has 0 aliphatic carbocycles. The number of fused-ring (bicyclic) bond motifs is 1. The summed E-state index contributed by atoms with van der Waals surface area (Å²) in [4.78, 5) is 53.8. The number of likely N-dealkylation sites (tertiary alicyclic amines) is 1. The summed E-state index contributed by atoms with van der Waals surface area (Å²) in [7, 11) is 0. The second kappa shape index (κ2) is 9.33. The second-order valence-corrected chi connectivity index (χ2v) is 9.35. The molecule has 5 rings (SSSR count). The number of ether oxygens (including phenoxy) is 1. The molecule has 3 heterocycles. The van der Waals surface area contributed by atoms with Crippen molar-refractivity contribution in [3.63, 3.8) is 0 Å². The van der Waals surface area contributed by atoms with Gasteiger partial charge >= 0.3 is 0 Å². The maximum Gasteiger partial charge on any atom is 0.265 e. The van der Waals surface area contributed by atoms with Gasteiger partial charge in [-0.05, 0) is 56.5 Å². The summed E-state index contributed by atoms with van der Waals surface area (Å²) in [5.74, 6) is -3.79. The molecule has 0 radical (unpaired) electrons. The minimum absolute atomic E-state index is 0.0702. The summed E-state index contributed by atoms with van der Waals surface area (Å²) >= 11 is 0. The number of amides is 3. The Hall–Kier alpha value is -3.82. The molecule has 2 saturated heterocycles. The lowest BCUT2D eigenvalue weighted by Gasteiger charge is -2.33. The van der Waals surface area contributed by atoms with Crippen molar-refractivity contribution >= 4 is 34.9 Å². The van der Waals surface area contributed by atoms with E-state index in [0.717, 1.165) is 12.1 Å². The maximum atomic E-state index is 13.6. The van der Waals surface area contributed by atoms with Gasteiger partial charge < -0.3 is 19.9 Å². The number of hydrogen-bond donors (Lipinski definition) is 1. The number of ketones is 1. The average molecular weight is 497 g/mol. The van der Waals surface area contributed by atoms with E-state index in [2.05, 4.69) is 5.32 Å². The smallest absolute Gasteiger partial charge is 0.265 e. The van der Waals surface area contributed by atoms with Crippen LogP contribution < -0.4 is 15.0 Å². The molecule has 2 aromatic carbocycles. The van der Waals surface area contributed by atoms with Crippen molar-refractivity contribution in [2.24, 2.45) is 11.8 Å². The van der Waals surface area contributed by atoms with Crippen LogP contribution in [0.1, 0.15) is 36.5 Å². The molecule has 1 N–H and O–H groups in total. The van der Waals surface area contributed by atoms with Crippen LogP contribution >= 0.6 is 0 Å². The lowest BCUT2D eigenvalue weighted by atomic mass is 9.88. The first-order chi connectivity index (χ1) is 17.2. The van der Waals surface area contributed by atoms with Crippen LogP contribution in [0.25, 0.3) is 0 Å². The topological polar surface area (TPSA) is 96.0 Å². The molecule has 0 spiro atoms. The molecule has 2 atom stereocenters. The van der Waals surface area contributed by atoms with Crippen molar-refractivity contribution in [1.29, 1.82) is 0 Å². The van der Waals surface area contributed by atoms with Crippen LogP contribution in [-0.2, 0) is 14.4 Å². The Morgan fingerprint density at radius 2 is 1.72 bits per heavy atom. The number of anilines is 2. The van der Waals surface area contributed by atoms with E-state index in [1.807, 2.05) is 0 Å². The van der Waals surface area contributed by atoms with Crippen LogP contribution in [0.15, 0.2) is 36.4 Å². The van der Waals surface area contributed by atoms with Crippen molar-refractivity contribution in [2.75, 3.05) is 29.9 Å². The highest BCUT2D eigenvalue weighted by molar-refractivity contribution is 6.09. The summed E-state index contributed by atoms with van der Waals surface area (Å²) in [5.41, 5.74) is 1.15. The van der Waals surface area contributed by atoms with Crippen LogP contribution in [0.2, 0.25) is 0 Å². The number of hydrogen-bond acceptors (Lipinski definition) is 5. The van der Waals surface area contributed by atoms with E-state index in [0.29, 0.717) is 42.9 Å². The predicted octanol–water partition coefficient (Wildman–Crippen LogP) is 3.16. The van der Waals surface area contributed by atoms with Crippen molar-refractivity contribution in [2.45, 2.75) is 32.3 Å². The Balaban J connectivity index is 1.19. The number of nitrogens with one attached hydrogen (secondary N) is 1. The summed E-state index contributed by atoms with van der Waals surface area (Å²) in [6.45, 7) is 2.57. The fraction of sp³-hybridized carbons (Fsp3) is 0.385. The molecule has 3 aliphatic heterocycles. The predicted molar refractivity (Wildman–Crippen MR) is 126 cm³/mol. The van der Waals surface area contributed by atoms with Crippen LogP contribution in [0.4, 0.5) is 20.2 Å². The fourth-order valence-electron chi connectivity index (χ4n) is 5.00. The van der Waals surface area contributed by atoms with Gasteiger partial charge in [0.15, 0.2) is 23.5 Å². The van der Waals surface area contributed by atoms with Gasteiger partial charge in [0, 0.05) is 42.9 Å². The molecule has 36 heavy (non-hydrogen) atoms. The van der Waals surface area contributed by atoms with E-state index < -0.39 is 29.6 Å². The van der Waals surface area contributed by atoms with Crippen LogP contribution in [0.5, 0.6) is 5.75 Å². The summed E-state index contributed by atoms with van der Waals surface area (Å²) in [6.07, 6.45) is 0.596. The molecule has 3 amide bonds. The van der Waals surface area contributed by atoms with Gasteiger partial charge in [-0.3, -0.25) is 19.2 Å². The number of carbonyl (C=O) groups excluding carboxylic acids is 4. The first kappa shape index (κ1) is 23.9. The lowest BCUT2D eigenvalue weighted by molar-refractivity contribution is -0.140. The molecule has 2 unspecified atom stereocenters. The SMILES string of the molecule is CC1Oc2ccc(C(=O)C3CCN(C(=O)C4CCN(c5ccc(F)c(F)c5)C4=O)CC3)cc2NC1=O. The van der Waals surface area contributed by atoms with Gasteiger partial charge in [0.2, 0.25) is 11.8 Å². The fourth-order valence-corrected chi connectivity index (χ4v) is 5.00. The molecular formula is C26H25F2N3O5. The zero-order valence-electron chi connectivity index (χ0n) is 19.6. The van der Waals surface area contributed by atoms with Gasteiger partial charge in [-0.2, -0.15) is 0 Å². The molecule has 3 aliphatic rings. The quantitative estimate of drug-likeness (QED) is 0.517. The zero-order chi connectivity index (χ0) is 25.6. The number of piperidine rings is 1. The van der Waals surface area contributed by atoms with Gasteiger partial charge in [-0.1, -0.05) is 0 Å². The Morgan fingerprint density at radius 3 is 2.44 bits per heavy atom. The Kier molecular flexibility index (Phi) is 6.19. The monoisotopic (exact) mass is 497 g/mol. The third kappa shape index (κ3) is 4.31. The average Bonchev–Trinajstić information content (AvgIpc) is 3.26. The Labute approximate surface area is 206 Å². The summed E-state index contributed by atoms with van der Waals surface area (Å²) in [5, 5.41) is 2.74. The van der Waals surface area contributed by atoms with E-state index in [-0.39, 0.29) is 42.2 Å². The number of Topliss-reactive ketones (excluding diaryl/α,β-unsaturated/α-hetero) is 1. The van der Waals surface area contributed by atoms with E-state index in [1.165, 1.54) is 11.0 Å². The molecule has 2 aromatic rings. The van der Waals surface area contributed by atoms with Gasteiger partial charge in [0.05, 0.1) is 5.69 Å². The standard InChI is InChI=1S/C26H25F2N3O5/c1-14-24(33)29-21-12-16(2-5-22(21)36-14)23(32)15-6-9-30(10-7-15)25(34)18-8-11-31(26(18)35)17-3-4-19(27)20(28)13-17/h2-5,12-15,18H,6-11H2,1H3,(H,29,33). The highest BCUT2D eigenvalue weighted by Crippen LogP contribution is 2.33. The van der Waals surface area contributed by atoms with Crippen LogP contribution in [0, 0.1) is 23.5 Å². The number of nitrogens with zero attached hydrogens (tertiary/aromatic N) is 2. The van der Waals surface area contributed by atoms with E-state index in [1.54, 1.807) is 30.0 Å². The highest BCUT2D eigenvalue weighted by Gasteiger charge is 2.41. The molecule has 0 bridgehead atoms. The molecule has 2 fully saturated rings. The summed E-state index contributed by atoms with van der Waals surface area (Å²) in [6, 6.07) is 8.19. The molecule has 10 heteroatoms. The second-order valence-electron chi connectivity index (χ2n) is 9.35. The van der Waals surface area contributed by atoms with Gasteiger partial charge in [0.25, 0.3) is 5.91 Å². The Bertz CT molecular complexity index is 1260. The van der Waals surface area contributed by atoms with E-state index in [4.69, 9.17) is 4.74 Å². The summed E-state index contributed by atoms with van der Waals surface area (Å²) < 4.78 is 32.4. The normalized spacial score (nSPS) is 22.2. The third-order valence-corrected chi connectivity index (χ3v) is 7.09. The van der Waals surface area contributed by atoms with Crippen LogP contribution in [0.3, 0.4) is 0 Å². The van der Waals surface area contributed by atoms with Crippen molar-refractivity contribution in [3.8, 4) is 5.75 Å². The number of rotatable bonds is 4. The van der Waals surface area contributed by atoms with Crippen LogP contribution in [-0.4, -0.2) is 54.1 Å². The maximum absolute atomic E-state index is 13.6. The van der Waals surface area contributed by atoms with Gasteiger partial charge in [0.1, 0.15) is 11.7 Å². The molecule has 0 saturated carbocycles. The zero-order valence-corrected chi connectivity index (χ0v) is 19.6. The number of benzene rings is 2. The van der Waals surface area contributed by atoms with E-state index >= 15 is 0 Å².